The zero-order valence-electron chi connectivity index (χ0n) is 8.37. The van der Waals surface area contributed by atoms with Crippen LogP contribution in [0.3, 0.4) is 0 Å². The van der Waals surface area contributed by atoms with Gasteiger partial charge in [0.05, 0.1) is 10.0 Å². The Morgan fingerprint density at radius 2 is 1.59 bits per heavy atom. The van der Waals surface area contributed by atoms with Gasteiger partial charge in [0.25, 0.3) is 0 Å². The summed E-state index contributed by atoms with van der Waals surface area (Å²) in [7, 11) is 0. The lowest BCUT2D eigenvalue weighted by Gasteiger charge is -2.11. The van der Waals surface area contributed by atoms with E-state index in [-0.39, 0.29) is 11.4 Å². The monoisotopic (exact) mass is 302 g/mol. The molecule has 0 atom stereocenters. The third kappa shape index (κ3) is 2.63. The van der Waals surface area contributed by atoms with E-state index < -0.39 is 11.7 Å². The number of hydrogen-bond acceptors (Lipinski definition) is 2. The Balaban J connectivity index is 2.56. The molecule has 2 rings (SSSR count). The minimum absolute atomic E-state index is 0.0208. The van der Waals surface area contributed by atoms with Crippen LogP contribution in [0, 0.1) is 0 Å². The molecule has 17 heavy (non-hydrogen) atoms. The van der Waals surface area contributed by atoms with E-state index in [9.17, 15) is 13.2 Å². The summed E-state index contributed by atoms with van der Waals surface area (Å²) in [6.07, 6.45) is -1.59. The molecule has 6 heteroatoms. The molecule has 1 aromatic carbocycles. The summed E-state index contributed by atoms with van der Waals surface area (Å²) in [6, 6.07) is 5.23. The summed E-state index contributed by atoms with van der Waals surface area (Å²) in [5.74, 6) is 0.0566. The first-order chi connectivity index (χ1) is 7.98. The van der Waals surface area contributed by atoms with Crippen molar-refractivity contribution in [3.05, 3.63) is 46.7 Å². The van der Waals surface area contributed by atoms with Crippen molar-refractivity contribution in [2.45, 2.75) is 6.18 Å². The lowest BCUT2D eigenvalue weighted by atomic mass is 10.1. The fraction of sp³-hybridized carbons (Fsp3) is 0.0909. The molecular weight excluding hydrogens is 297 g/mol. The Morgan fingerprint density at radius 1 is 1.00 bits per heavy atom. The SMILES string of the molecule is FC(F)(F)c1ccccc1-c1ncc(Br)cn1. The van der Waals surface area contributed by atoms with E-state index in [1.54, 1.807) is 0 Å². The van der Waals surface area contributed by atoms with Gasteiger partial charge in [0.15, 0.2) is 5.82 Å². The predicted molar refractivity (Wildman–Crippen MR) is 60.2 cm³/mol. The van der Waals surface area contributed by atoms with Crippen molar-refractivity contribution >= 4 is 15.9 Å². The minimum atomic E-state index is -4.41. The first kappa shape index (κ1) is 12.0. The van der Waals surface area contributed by atoms with Gasteiger partial charge in [0, 0.05) is 18.0 Å². The van der Waals surface area contributed by atoms with Gasteiger partial charge in [-0.1, -0.05) is 18.2 Å². The summed E-state index contributed by atoms with van der Waals surface area (Å²) in [4.78, 5) is 7.73. The van der Waals surface area contributed by atoms with Crippen molar-refractivity contribution in [2.24, 2.45) is 0 Å². The molecule has 0 unspecified atom stereocenters. The van der Waals surface area contributed by atoms with Gasteiger partial charge >= 0.3 is 6.18 Å². The van der Waals surface area contributed by atoms with Crippen LogP contribution >= 0.6 is 15.9 Å². The summed E-state index contributed by atoms with van der Waals surface area (Å²) in [5, 5.41) is 0. The van der Waals surface area contributed by atoms with Gasteiger partial charge in [0.1, 0.15) is 0 Å². The Labute approximate surface area is 104 Å². The highest BCUT2D eigenvalue weighted by Crippen LogP contribution is 2.35. The van der Waals surface area contributed by atoms with Crippen LogP contribution in [0.15, 0.2) is 41.1 Å². The number of nitrogens with zero attached hydrogens (tertiary/aromatic N) is 2. The van der Waals surface area contributed by atoms with Gasteiger partial charge in [-0.05, 0) is 22.0 Å². The molecule has 2 nitrogen and oxygen atoms in total. The van der Waals surface area contributed by atoms with Crippen molar-refractivity contribution < 1.29 is 13.2 Å². The van der Waals surface area contributed by atoms with Crippen molar-refractivity contribution in [2.75, 3.05) is 0 Å². The zero-order chi connectivity index (χ0) is 12.5. The lowest BCUT2D eigenvalue weighted by Crippen LogP contribution is -2.07. The number of halogens is 4. The number of benzene rings is 1. The molecule has 0 fully saturated rings. The highest BCUT2D eigenvalue weighted by Gasteiger charge is 2.33. The largest absolute Gasteiger partial charge is 0.417 e. The van der Waals surface area contributed by atoms with Crippen LogP contribution in [-0.4, -0.2) is 9.97 Å². The van der Waals surface area contributed by atoms with E-state index in [0.717, 1.165) is 6.07 Å². The number of hydrogen-bond donors (Lipinski definition) is 0. The first-order valence-corrected chi connectivity index (χ1v) is 5.42. The third-order valence-electron chi connectivity index (χ3n) is 2.09. The molecular formula is C11H6BrF3N2. The van der Waals surface area contributed by atoms with E-state index >= 15 is 0 Å². The van der Waals surface area contributed by atoms with Gasteiger partial charge in [0.2, 0.25) is 0 Å². The Morgan fingerprint density at radius 3 is 2.18 bits per heavy atom. The molecule has 0 saturated carbocycles. The first-order valence-electron chi connectivity index (χ1n) is 4.62. The van der Waals surface area contributed by atoms with Crippen LogP contribution in [0.5, 0.6) is 0 Å². The number of aromatic nitrogens is 2. The Hall–Kier alpha value is -1.43. The quantitative estimate of drug-likeness (QED) is 0.798. The van der Waals surface area contributed by atoms with Crippen LogP contribution in [0.25, 0.3) is 11.4 Å². The van der Waals surface area contributed by atoms with E-state index in [2.05, 4.69) is 25.9 Å². The fourth-order valence-electron chi connectivity index (χ4n) is 1.38. The molecule has 0 saturated heterocycles. The maximum absolute atomic E-state index is 12.7. The Bertz CT molecular complexity index is 523. The highest BCUT2D eigenvalue weighted by atomic mass is 79.9. The van der Waals surface area contributed by atoms with Gasteiger partial charge in [-0.25, -0.2) is 9.97 Å². The maximum atomic E-state index is 12.7. The second kappa shape index (κ2) is 4.44. The predicted octanol–water partition coefficient (Wildman–Crippen LogP) is 3.92. The summed E-state index contributed by atoms with van der Waals surface area (Å²) in [6.45, 7) is 0. The van der Waals surface area contributed by atoms with Crippen LogP contribution in [0.4, 0.5) is 13.2 Å². The molecule has 0 spiro atoms. The second-order valence-corrected chi connectivity index (χ2v) is 4.18. The molecule has 0 radical (unpaired) electrons. The maximum Gasteiger partial charge on any atom is 0.417 e. The molecule has 0 aliphatic rings. The number of alkyl halides is 3. The van der Waals surface area contributed by atoms with E-state index in [0.29, 0.717) is 4.47 Å². The zero-order valence-corrected chi connectivity index (χ0v) is 9.96. The average Bonchev–Trinajstić information content (AvgIpc) is 2.29. The smallest absolute Gasteiger partial charge is 0.235 e. The van der Waals surface area contributed by atoms with Crippen LogP contribution in [-0.2, 0) is 6.18 Å². The molecule has 0 aliphatic heterocycles. The van der Waals surface area contributed by atoms with Crippen LogP contribution in [0.2, 0.25) is 0 Å². The molecule has 0 bridgehead atoms. The summed E-state index contributed by atoms with van der Waals surface area (Å²) < 4.78 is 38.9. The molecule has 0 N–H and O–H groups in total. The molecule has 0 amide bonds. The van der Waals surface area contributed by atoms with Crippen molar-refractivity contribution in [3.8, 4) is 11.4 Å². The third-order valence-corrected chi connectivity index (χ3v) is 2.50. The normalized spacial score (nSPS) is 11.5. The second-order valence-electron chi connectivity index (χ2n) is 3.27. The Kier molecular flexibility index (Phi) is 3.15. The van der Waals surface area contributed by atoms with Crippen molar-refractivity contribution in [3.63, 3.8) is 0 Å². The van der Waals surface area contributed by atoms with Gasteiger partial charge in [-0.3, -0.25) is 0 Å². The average molecular weight is 303 g/mol. The summed E-state index contributed by atoms with van der Waals surface area (Å²) >= 11 is 3.13. The minimum Gasteiger partial charge on any atom is -0.235 e. The van der Waals surface area contributed by atoms with E-state index in [1.165, 1.54) is 30.6 Å². The summed E-state index contributed by atoms with van der Waals surface area (Å²) in [5.41, 5.74) is -0.755. The molecule has 1 aromatic heterocycles. The van der Waals surface area contributed by atoms with Gasteiger partial charge in [-0.15, -0.1) is 0 Å². The number of rotatable bonds is 1. The highest BCUT2D eigenvalue weighted by molar-refractivity contribution is 9.10. The van der Waals surface area contributed by atoms with Crippen molar-refractivity contribution in [1.82, 2.24) is 9.97 Å². The fourth-order valence-corrected chi connectivity index (χ4v) is 1.58. The standard InChI is InChI=1S/C11H6BrF3N2/c12-7-5-16-10(17-6-7)8-3-1-2-4-9(8)11(13,14)15/h1-6H. The van der Waals surface area contributed by atoms with E-state index in [1.807, 2.05) is 0 Å². The molecule has 0 aliphatic carbocycles. The molecule has 88 valence electrons. The van der Waals surface area contributed by atoms with Crippen LogP contribution < -0.4 is 0 Å². The topological polar surface area (TPSA) is 25.8 Å². The lowest BCUT2D eigenvalue weighted by molar-refractivity contribution is -0.137. The van der Waals surface area contributed by atoms with Crippen molar-refractivity contribution in [1.29, 1.82) is 0 Å². The van der Waals surface area contributed by atoms with Gasteiger partial charge in [-0.2, -0.15) is 13.2 Å². The molecule has 2 aromatic rings. The van der Waals surface area contributed by atoms with Crippen LogP contribution in [0.1, 0.15) is 5.56 Å². The molecule has 1 heterocycles. The van der Waals surface area contributed by atoms with E-state index in [4.69, 9.17) is 0 Å². The van der Waals surface area contributed by atoms with Gasteiger partial charge < -0.3 is 0 Å².